The van der Waals surface area contributed by atoms with Crippen molar-refractivity contribution in [2.45, 2.75) is 25.8 Å². The van der Waals surface area contributed by atoms with Gasteiger partial charge in [-0.25, -0.2) is 14.3 Å². The second-order valence-corrected chi connectivity index (χ2v) is 10.5. The molecule has 2 fully saturated rings. The zero-order chi connectivity index (χ0) is 22.8. The number of anilines is 2. The molecule has 2 saturated heterocycles. The third-order valence-electron chi connectivity index (χ3n) is 6.85. The highest BCUT2D eigenvalue weighted by atomic mass is 79.9. The lowest BCUT2D eigenvalue weighted by molar-refractivity contribution is 0.229. The molecule has 0 aliphatic carbocycles. The van der Waals surface area contributed by atoms with E-state index in [1.165, 1.54) is 5.69 Å². The van der Waals surface area contributed by atoms with Gasteiger partial charge in [0.25, 0.3) is 0 Å². The summed E-state index contributed by atoms with van der Waals surface area (Å²) in [5.41, 5.74) is 5.12. The first kappa shape index (κ1) is 23.0. The Morgan fingerprint density at radius 1 is 1.09 bits per heavy atom. The monoisotopic (exact) mass is 529 g/mol. The van der Waals surface area contributed by atoms with Gasteiger partial charge in [0.1, 0.15) is 11.3 Å². The summed E-state index contributed by atoms with van der Waals surface area (Å²) < 4.78 is 3.38. The molecule has 2 N–H and O–H groups in total. The average molecular weight is 531 g/mol. The van der Waals surface area contributed by atoms with Gasteiger partial charge in [-0.05, 0) is 65.8 Å². The van der Waals surface area contributed by atoms with Crippen LogP contribution in [0.25, 0.3) is 22.6 Å². The second kappa shape index (κ2) is 10.2. The minimum Gasteiger partial charge on any atom is -0.379 e. The van der Waals surface area contributed by atoms with Crippen LogP contribution in [0.3, 0.4) is 0 Å². The fourth-order valence-corrected chi connectivity index (χ4v) is 5.69. The fourth-order valence-electron chi connectivity index (χ4n) is 4.76. The largest absolute Gasteiger partial charge is 0.379 e. The summed E-state index contributed by atoms with van der Waals surface area (Å²) >= 11 is 5.53. The molecule has 0 atom stereocenters. The van der Waals surface area contributed by atoms with Crippen molar-refractivity contribution in [1.82, 2.24) is 24.2 Å². The molecule has 1 aromatic carbocycles. The number of rotatable bonds is 6. The number of piperazine rings is 1. The van der Waals surface area contributed by atoms with Crippen LogP contribution in [0, 0.1) is 0 Å². The number of aromatic amines is 1. The molecule has 4 heterocycles. The van der Waals surface area contributed by atoms with Crippen molar-refractivity contribution in [3.8, 4) is 11.4 Å². The summed E-state index contributed by atoms with van der Waals surface area (Å²) in [6.07, 6.45) is 6.31. The zero-order valence-electron chi connectivity index (χ0n) is 19.4. The molecule has 2 aromatic heterocycles. The Kier molecular flexibility index (Phi) is 7.10. The molecule has 3 aromatic rings. The fraction of sp³-hybridized carbons (Fsp3) is 0.500. The summed E-state index contributed by atoms with van der Waals surface area (Å²) in [5.74, 6) is 0.859. The maximum Gasteiger partial charge on any atom is 0.159 e. The van der Waals surface area contributed by atoms with E-state index in [1.54, 1.807) is 0 Å². The molecule has 0 radical (unpaired) electrons. The Morgan fingerprint density at radius 2 is 1.82 bits per heavy atom. The predicted octanol–water partition coefficient (Wildman–Crippen LogP) is 4.68. The van der Waals surface area contributed by atoms with E-state index in [0.29, 0.717) is 6.04 Å². The van der Waals surface area contributed by atoms with Crippen LogP contribution in [0.5, 0.6) is 0 Å². The Morgan fingerprint density at radius 3 is 2.48 bits per heavy atom. The van der Waals surface area contributed by atoms with Gasteiger partial charge in [0.2, 0.25) is 0 Å². The van der Waals surface area contributed by atoms with Gasteiger partial charge in [0, 0.05) is 62.8 Å². The molecule has 0 amide bonds. The average Bonchev–Trinajstić information content (AvgIpc) is 3.31. The first-order valence-corrected chi connectivity index (χ1v) is 13.8. The summed E-state index contributed by atoms with van der Waals surface area (Å²) in [4.78, 5) is 17.9. The molecule has 33 heavy (non-hydrogen) atoms. The molecular formula is C24H32BrN7S. The Bertz CT molecular complexity index is 1070. The molecule has 2 aliphatic rings. The summed E-state index contributed by atoms with van der Waals surface area (Å²) in [7, 11) is 0. The number of piperidine rings is 1. The number of likely N-dealkylation sites (tertiary alicyclic amines) is 1. The van der Waals surface area contributed by atoms with E-state index < -0.39 is 0 Å². The van der Waals surface area contributed by atoms with Crippen molar-refractivity contribution < 1.29 is 0 Å². The maximum absolute atomic E-state index is 4.96. The topological polar surface area (TPSA) is 63.3 Å². The third kappa shape index (κ3) is 5.01. The van der Waals surface area contributed by atoms with Crippen molar-refractivity contribution in [3.05, 3.63) is 34.9 Å². The highest BCUT2D eigenvalue weighted by molar-refractivity contribution is 9.10. The number of halogens is 1. The van der Waals surface area contributed by atoms with Gasteiger partial charge in [-0.2, -0.15) is 0 Å². The van der Waals surface area contributed by atoms with Crippen LogP contribution in [-0.4, -0.2) is 82.3 Å². The van der Waals surface area contributed by atoms with Crippen molar-refractivity contribution in [1.29, 1.82) is 0 Å². The first-order valence-electron chi connectivity index (χ1n) is 11.8. The van der Waals surface area contributed by atoms with E-state index in [4.69, 9.17) is 4.98 Å². The minimum absolute atomic E-state index is 0.459. The van der Waals surface area contributed by atoms with Crippen molar-refractivity contribution in [2.24, 2.45) is 0 Å². The number of hydrogen-bond donors (Lipinski definition) is 2. The van der Waals surface area contributed by atoms with Crippen LogP contribution in [0.2, 0.25) is 0 Å². The molecule has 5 rings (SSSR count). The molecule has 9 heteroatoms. The van der Waals surface area contributed by atoms with Gasteiger partial charge in [-0.15, -0.1) is 0 Å². The molecule has 176 valence electrons. The molecule has 0 bridgehead atoms. The highest BCUT2D eigenvalue weighted by Gasteiger charge is 2.21. The van der Waals surface area contributed by atoms with Gasteiger partial charge in [-0.1, -0.05) is 18.9 Å². The smallest absolute Gasteiger partial charge is 0.159 e. The number of nitrogens with zero attached hydrogens (tertiary/aromatic N) is 5. The number of aromatic nitrogens is 3. The summed E-state index contributed by atoms with van der Waals surface area (Å²) in [6.45, 7) is 9.98. The van der Waals surface area contributed by atoms with Crippen molar-refractivity contribution in [3.63, 3.8) is 0 Å². The Balaban J connectivity index is 1.34. The number of H-pyrrole nitrogens is 1. The van der Waals surface area contributed by atoms with Crippen LogP contribution >= 0.6 is 27.9 Å². The van der Waals surface area contributed by atoms with E-state index in [9.17, 15) is 0 Å². The lowest BCUT2D eigenvalue weighted by atomic mass is 10.0. The predicted molar refractivity (Wildman–Crippen MR) is 143 cm³/mol. The van der Waals surface area contributed by atoms with Crippen LogP contribution in [0.4, 0.5) is 11.4 Å². The van der Waals surface area contributed by atoms with E-state index in [1.807, 2.05) is 18.1 Å². The van der Waals surface area contributed by atoms with E-state index in [2.05, 4.69) is 82.8 Å². The van der Waals surface area contributed by atoms with Crippen LogP contribution in [0.15, 0.2) is 34.9 Å². The molecule has 0 unspecified atom stereocenters. The Labute approximate surface area is 208 Å². The number of hydrogen-bond acceptors (Lipinski definition) is 7. The van der Waals surface area contributed by atoms with Crippen LogP contribution in [0.1, 0.15) is 19.8 Å². The maximum atomic E-state index is 4.96. The number of nitrogens with one attached hydrogen (secondary N) is 2. The lowest BCUT2D eigenvalue weighted by Gasteiger charge is -2.34. The number of imidazole rings is 1. The highest BCUT2D eigenvalue weighted by Crippen LogP contribution is 2.33. The molecule has 0 spiro atoms. The number of fused-ring (bicyclic) bond motifs is 1. The van der Waals surface area contributed by atoms with Gasteiger partial charge in [0.15, 0.2) is 5.65 Å². The molecular weight excluding hydrogens is 498 g/mol. The van der Waals surface area contributed by atoms with Crippen molar-refractivity contribution >= 4 is 50.4 Å². The molecule has 0 saturated carbocycles. The van der Waals surface area contributed by atoms with Gasteiger partial charge in [0.05, 0.1) is 10.2 Å². The van der Waals surface area contributed by atoms with E-state index in [-0.39, 0.29) is 0 Å². The molecule has 7 nitrogen and oxygen atoms in total. The second-order valence-electron chi connectivity index (χ2n) is 8.76. The van der Waals surface area contributed by atoms with E-state index >= 15 is 0 Å². The van der Waals surface area contributed by atoms with Crippen LogP contribution in [-0.2, 0) is 0 Å². The first-order chi connectivity index (χ1) is 16.1. The normalized spacial score (nSPS) is 18.8. The number of benzene rings is 1. The standard InChI is InChI=1S/C24H32BrN7S/c1-3-30-10-8-18(9-11-30)27-21-20(25)16-26-24-22(21)28-23(29-24)17-4-6-19(7-5-17)31-12-14-32(33-2)15-13-31/h4-7,16,18H,3,8-15H2,1-2H3,(H2,26,27,28,29). The SMILES string of the molecule is CCN1CCC(Nc2c(Br)cnc3[nH]c(-c4ccc(N5CCN(SC)CC5)cc4)nc23)CC1. The lowest BCUT2D eigenvalue weighted by Crippen LogP contribution is -2.43. The summed E-state index contributed by atoms with van der Waals surface area (Å²) in [6, 6.07) is 9.20. The molecule has 2 aliphatic heterocycles. The van der Waals surface area contributed by atoms with E-state index in [0.717, 1.165) is 91.4 Å². The van der Waals surface area contributed by atoms with Crippen LogP contribution < -0.4 is 10.2 Å². The Hall–Kier alpha value is -1.81. The minimum atomic E-state index is 0.459. The van der Waals surface area contributed by atoms with Crippen molar-refractivity contribution in [2.75, 3.05) is 62.3 Å². The summed E-state index contributed by atoms with van der Waals surface area (Å²) in [5, 5.41) is 3.75. The van der Waals surface area contributed by atoms with Gasteiger partial charge >= 0.3 is 0 Å². The third-order valence-corrected chi connectivity index (χ3v) is 8.34. The zero-order valence-corrected chi connectivity index (χ0v) is 21.8. The quantitative estimate of drug-likeness (QED) is 0.449. The van der Waals surface area contributed by atoms with Gasteiger partial charge < -0.3 is 20.1 Å². The van der Waals surface area contributed by atoms with Gasteiger partial charge in [-0.3, -0.25) is 0 Å². The number of pyridine rings is 1.